The lowest BCUT2D eigenvalue weighted by Gasteiger charge is -2.31. The highest BCUT2D eigenvalue weighted by Crippen LogP contribution is 2.36. The van der Waals surface area contributed by atoms with E-state index in [0.717, 1.165) is 6.42 Å². The Bertz CT molecular complexity index is 885. The van der Waals surface area contributed by atoms with Gasteiger partial charge in [0.15, 0.2) is 0 Å². The van der Waals surface area contributed by atoms with Gasteiger partial charge in [0, 0.05) is 19.0 Å². The van der Waals surface area contributed by atoms with E-state index >= 15 is 0 Å². The van der Waals surface area contributed by atoms with E-state index in [0.29, 0.717) is 18.5 Å². The maximum Gasteiger partial charge on any atom is 0.410 e. The highest BCUT2D eigenvalue weighted by molar-refractivity contribution is 5.90. The highest BCUT2D eigenvalue weighted by atomic mass is 16.6. The van der Waals surface area contributed by atoms with Crippen molar-refractivity contribution >= 4 is 18.0 Å². The first-order valence-electron chi connectivity index (χ1n) is 10.1. The zero-order chi connectivity index (χ0) is 22.1. The van der Waals surface area contributed by atoms with Crippen LogP contribution < -0.4 is 0 Å². The number of ether oxygens (including phenoxy) is 1. The molecule has 0 bridgehead atoms. The second kappa shape index (κ2) is 8.34. The number of carbonyl (C=O) groups is 3. The fraction of sp³-hybridized carbons (Fsp3) is 0.545. The lowest BCUT2D eigenvalue weighted by Crippen LogP contribution is -2.50. The maximum absolute atomic E-state index is 13.3. The van der Waals surface area contributed by atoms with Crippen LogP contribution in [-0.2, 0) is 9.53 Å². The summed E-state index contributed by atoms with van der Waals surface area (Å²) < 4.78 is 5.51. The molecule has 30 heavy (non-hydrogen) atoms. The van der Waals surface area contributed by atoms with Gasteiger partial charge in [-0.1, -0.05) is 18.2 Å². The minimum Gasteiger partial charge on any atom is -0.478 e. The summed E-state index contributed by atoms with van der Waals surface area (Å²) in [4.78, 5) is 40.8. The van der Waals surface area contributed by atoms with Gasteiger partial charge in [0.05, 0.1) is 11.6 Å². The van der Waals surface area contributed by atoms with Crippen LogP contribution in [0.25, 0.3) is 0 Å². The van der Waals surface area contributed by atoms with Crippen molar-refractivity contribution in [2.45, 2.75) is 63.6 Å². The van der Waals surface area contributed by atoms with Gasteiger partial charge in [0.2, 0.25) is 5.91 Å². The van der Waals surface area contributed by atoms with Crippen LogP contribution in [0.2, 0.25) is 0 Å². The fourth-order valence-corrected chi connectivity index (χ4v) is 4.22. The summed E-state index contributed by atoms with van der Waals surface area (Å²) in [7, 11) is 0. The Morgan fingerprint density at radius 2 is 1.90 bits per heavy atom. The van der Waals surface area contributed by atoms with Crippen LogP contribution in [0, 0.1) is 11.3 Å². The van der Waals surface area contributed by atoms with Crippen molar-refractivity contribution in [3.63, 3.8) is 0 Å². The predicted molar refractivity (Wildman–Crippen MR) is 108 cm³/mol. The number of carboxylic acid groups (broad SMARTS) is 1. The van der Waals surface area contributed by atoms with Gasteiger partial charge in [-0.25, -0.2) is 9.59 Å². The number of nitrogens with zero attached hydrogens (tertiary/aromatic N) is 3. The van der Waals surface area contributed by atoms with Crippen LogP contribution in [0.15, 0.2) is 24.3 Å². The molecule has 3 rings (SSSR count). The Hall–Kier alpha value is -3.08. The fourth-order valence-electron chi connectivity index (χ4n) is 4.22. The molecule has 2 heterocycles. The molecule has 8 nitrogen and oxygen atoms in total. The molecular weight excluding hydrogens is 386 g/mol. The van der Waals surface area contributed by atoms with Gasteiger partial charge in [0.1, 0.15) is 17.7 Å². The van der Waals surface area contributed by atoms with E-state index < -0.39 is 29.7 Å². The molecule has 0 aromatic heterocycles. The molecule has 2 saturated heterocycles. The number of hydrogen-bond donors (Lipinski definition) is 1. The molecule has 0 radical (unpaired) electrons. The molecule has 0 aliphatic carbocycles. The van der Waals surface area contributed by atoms with Gasteiger partial charge in [-0.3, -0.25) is 9.69 Å². The quantitative estimate of drug-likeness (QED) is 0.815. The molecule has 2 aliphatic heterocycles. The molecule has 1 N–H and O–H groups in total. The molecule has 160 valence electrons. The Kier molecular flexibility index (Phi) is 6.01. The largest absolute Gasteiger partial charge is 0.478 e. The number of aromatic carboxylic acids is 1. The minimum atomic E-state index is -1.05. The zero-order valence-electron chi connectivity index (χ0n) is 17.5. The molecule has 2 amide bonds. The zero-order valence-corrected chi connectivity index (χ0v) is 17.5. The number of benzene rings is 1. The van der Waals surface area contributed by atoms with Crippen molar-refractivity contribution in [3.05, 3.63) is 35.4 Å². The molecule has 2 fully saturated rings. The first-order valence-corrected chi connectivity index (χ1v) is 10.1. The smallest absolute Gasteiger partial charge is 0.410 e. The number of amides is 2. The van der Waals surface area contributed by atoms with E-state index in [2.05, 4.69) is 6.07 Å². The molecule has 1 aromatic carbocycles. The average molecular weight is 413 g/mol. The van der Waals surface area contributed by atoms with Crippen LogP contribution in [-0.4, -0.2) is 63.7 Å². The summed E-state index contributed by atoms with van der Waals surface area (Å²) in [5.74, 6) is -1.64. The second-order valence-electron chi connectivity index (χ2n) is 8.79. The topological polar surface area (TPSA) is 111 Å². The monoisotopic (exact) mass is 413 g/mol. The Labute approximate surface area is 176 Å². The second-order valence-corrected chi connectivity index (χ2v) is 8.79. The molecule has 8 heteroatoms. The average Bonchev–Trinajstić information content (AvgIpc) is 3.33. The Morgan fingerprint density at radius 3 is 2.53 bits per heavy atom. The summed E-state index contributed by atoms with van der Waals surface area (Å²) >= 11 is 0. The molecule has 3 atom stereocenters. The summed E-state index contributed by atoms with van der Waals surface area (Å²) in [6, 6.07) is 7.52. The van der Waals surface area contributed by atoms with Crippen molar-refractivity contribution in [1.82, 2.24) is 9.80 Å². The summed E-state index contributed by atoms with van der Waals surface area (Å²) in [6.07, 6.45) is 1.04. The number of rotatable bonds is 3. The van der Waals surface area contributed by atoms with Gasteiger partial charge in [0.25, 0.3) is 0 Å². The van der Waals surface area contributed by atoms with Crippen LogP contribution in [0.1, 0.15) is 61.9 Å². The first-order chi connectivity index (χ1) is 14.1. The normalized spacial score (nSPS) is 23.9. The maximum atomic E-state index is 13.3. The highest BCUT2D eigenvalue weighted by Gasteiger charge is 2.45. The van der Waals surface area contributed by atoms with E-state index in [4.69, 9.17) is 4.74 Å². The predicted octanol–water partition coefficient (Wildman–Crippen LogP) is 2.99. The van der Waals surface area contributed by atoms with E-state index in [1.165, 1.54) is 15.9 Å². The molecule has 0 unspecified atom stereocenters. The van der Waals surface area contributed by atoms with Gasteiger partial charge < -0.3 is 14.7 Å². The molecular formula is C22H27N3O5. The van der Waals surface area contributed by atoms with Crippen LogP contribution >= 0.6 is 0 Å². The van der Waals surface area contributed by atoms with Gasteiger partial charge >= 0.3 is 12.1 Å². The van der Waals surface area contributed by atoms with Crippen molar-refractivity contribution in [2.24, 2.45) is 0 Å². The lowest BCUT2D eigenvalue weighted by atomic mass is 9.92. The molecule has 2 aliphatic rings. The van der Waals surface area contributed by atoms with Crippen LogP contribution in [0.3, 0.4) is 0 Å². The van der Waals surface area contributed by atoms with Crippen LogP contribution in [0.4, 0.5) is 4.79 Å². The van der Waals surface area contributed by atoms with E-state index in [-0.39, 0.29) is 30.4 Å². The third-order valence-corrected chi connectivity index (χ3v) is 5.53. The summed E-state index contributed by atoms with van der Waals surface area (Å²) in [6.45, 7) is 5.91. The van der Waals surface area contributed by atoms with E-state index in [9.17, 15) is 24.8 Å². The van der Waals surface area contributed by atoms with E-state index in [1.807, 2.05) is 0 Å². The lowest BCUT2D eigenvalue weighted by molar-refractivity contribution is -0.135. The van der Waals surface area contributed by atoms with E-state index in [1.54, 1.807) is 39.0 Å². The summed E-state index contributed by atoms with van der Waals surface area (Å²) in [5, 5.41) is 18.9. The van der Waals surface area contributed by atoms with Crippen molar-refractivity contribution in [1.29, 1.82) is 5.26 Å². The van der Waals surface area contributed by atoms with Gasteiger partial charge in [-0.15, -0.1) is 0 Å². The molecule has 0 saturated carbocycles. The third kappa shape index (κ3) is 4.40. The number of likely N-dealkylation sites (tertiary alicyclic amines) is 2. The van der Waals surface area contributed by atoms with Crippen LogP contribution in [0.5, 0.6) is 0 Å². The van der Waals surface area contributed by atoms with Crippen molar-refractivity contribution < 1.29 is 24.2 Å². The Balaban J connectivity index is 1.92. The molecule has 1 aromatic rings. The van der Waals surface area contributed by atoms with Crippen molar-refractivity contribution in [3.8, 4) is 6.07 Å². The van der Waals surface area contributed by atoms with Gasteiger partial charge in [-0.2, -0.15) is 5.26 Å². The molecule has 0 spiro atoms. The standard InChI is InChI=1S/C22H27N3O5/c1-22(2,3)30-21(29)25-13-14(16-8-4-5-9-17(16)20(27)28)11-18(25)19(26)24-10-6-7-15(24)12-23/h4-5,8-9,14-15,18H,6-7,10-11,13H2,1-3H3,(H,27,28)/t14-,15-,18-/m0/s1. The number of nitriles is 1. The minimum absolute atomic E-state index is 0.163. The Morgan fingerprint density at radius 1 is 1.20 bits per heavy atom. The number of hydrogen-bond acceptors (Lipinski definition) is 5. The third-order valence-electron chi connectivity index (χ3n) is 5.53. The van der Waals surface area contributed by atoms with Gasteiger partial charge in [-0.05, 0) is 51.7 Å². The number of carboxylic acids is 1. The van der Waals surface area contributed by atoms with Crippen molar-refractivity contribution in [2.75, 3.05) is 13.1 Å². The first kappa shape index (κ1) is 21.6. The number of carbonyl (C=O) groups excluding carboxylic acids is 2. The summed E-state index contributed by atoms with van der Waals surface area (Å²) in [5.41, 5.74) is 0.0211. The SMILES string of the molecule is CC(C)(C)OC(=O)N1C[C@@H](c2ccccc2C(=O)O)C[C@H]1C(=O)N1CCC[C@H]1C#N.